The summed E-state index contributed by atoms with van der Waals surface area (Å²) in [6, 6.07) is 5.04. The van der Waals surface area contributed by atoms with Crippen LogP contribution in [0.3, 0.4) is 0 Å². The number of phenolic OH excluding ortho intramolecular Hbond substituents is 1. The molecule has 1 fully saturated rings. The van der Waals surface area contributed by atoms with Gasteiger partial charge in [0.2, 0.25) is 0 Å². The van der Waals surface area contributed by atoms with Crippen LogP contribution >= 0.6 is 24.8 Å². The zero-order valence-electron chi connectivity index (χ0n) is 19.6. The smallest absolute Gasteiger partial charge is 0.123 e. The molecule has 1 saturated heterocycles. The molecule has 0 unspecified atom stereocenters. The zero-order valence-corrected chi connectivity index (χ0v) is 21.2. The molecule has 2 N–H and O–H groups in total. The summed E-state index contributed by atoms with van der Waals surface area (Å²) < 4.78 is 0. The maximum atomic E-state index is 11.1. The van der Waals surface area contributed by atoms with Crippen molar-refractivity contribution in [2.75, 3.05) is 26.2 Å². The van der Waals surface area contributed by atoms with Gasteiger partial charge in [-0.3, -0.25) is 4.90 Å². The van der Waals surface area contributed by atoms with Crippen molar-refractivity contribution in [3.63, 3.8) is 0 Å². The highest BCUT2D eigenvalue weighted by molar-refractivity contribution is 5.85. The fourth-order valence-corrected chi connectivity index (χ4v) is 4.13. The molecule has 0 radical (unpaired) electrons. The lowest BCUT2D eigenvalue weighted by Gasteiger charge is -2.37. The Morgan fingerprint density at radius 2 is 1.41 bits per heavy atom. The van der Waals surface area contributed by atoms with E-state index in [9.17, 15) is 5.11 Å². The van der Waals surface area contributed by atoms with Crippen LogP contribution in [0.25, 0.3) is 0 Å². The molecule has 29 heavy (non-hydrogen) atoms. The van der Waals surface area contributed by atoms with Gasteiger partial charge in [-0.25, -0.2) is 0 Å². The number of unbranched alkanes of at least 4 members (excludes halogenated alkanes) is 2. The Morgan fingerprint density at radius 3 is 1.83 bits per heavy atom. The first-order valence-electron chi connectivity index (χ1n) is 10.9. The number of halogens is 2. The van der Waals surface area contributed by atoms with E-state index in [0.29, 0.717) is 11.8 Å². The van der Waals surface area contributed by atoms with Gasteiger partial charge < -0.3 is 10.4 Å². The second-order valence-electron chi connectivity index (χ2n) is 10.3. The molecule has 170 valence electrons. The molecule has 2 rings (SSSR count). The van der Waals surface area contributed by atoms with Gasteiger partial charge in [0.1, 0.15) is 5.75 Å². The Kier molecular flexibility index (Phi) is 11.6. The van der Waals surface area contributed by atoms with Gasteiger partial charge in [0.25, 0.3) is 0 Å². The van der Waals surface area contributed by atoms with Crippen LogP contribution < -0.4 is 5.32 Å². The second kappa shape index (κ2) is 11.8. The van der Waals surface area contributed by atoms with E-state index < -0.39 is 0 Å². The van der Waals surface area contributed by atoms with Crippen molar-refractivity contribution in [1.82, 2.24) is 10.2 Å². The largest absolute Gasteiger partial charge is 0.507 e. The highest BCUT2D eigenvalue weighted by atomic mass is 35.5. The Balaban J connectivity index is 0.00000392. The van der Waals surface area contributed by atoms with Gasteiger partial charge in [0, 0.05) is 32.2 Å². The molecule has 0 amide bonds. The van der Waals surface area contributed by atoms with E-state index >= 15 is 0 Å². The van der Waals surface area contributed by atoms with Gasteiger partial charge in [-0.15, -0.1) is 24.8 Å². The van der Waals surface area contributed by atoms with Crippen LogP contribution in [0.1, 0.15) is 96.9 Å². The van der Waals surface area contributed by atoms with Gasteiger partial charge in [0.15, 0.2) is 0 Å². The standard InChI is InChI=1S/C24H42N2O.2ClH/c1-8-9-10-11-21(26-14-12-25-13-15-26)18-16-19(23(2,3)4)22(27)20(17-18)24(5,6)7;;/h16-17,21,25,27H,8-15H2,1-7H3;2*1H/t21-;;/m1../s1. The molecule has 1 aliphatic rings. The Labute approximate surface area is 191 Å². The lowest BCUT2D eigenvalue weighted by molar-refractivity contribution is 0.162. The van der Waals surface area contributed by atoms with Crippen LogP contribution in [0.15, 0.2) is 12.1 Å². The zero-order chi connectivity index (χ0) is 20.2. The molecule has 3 nitrogen and oxygen atoms in total. The second-order valence-corrected chi connectivity index (χ2v) is 10.3. The summed E-state index contributed by atoms with van der Waals surface area (Å²) in [5.74, 6) is 0.492. The molecule has 0 bridgehead atoms. The monoisotopic (exact) mass is 446 g/mol. The van der Waals surface area contributed by atoms with E-state index in [4.69, 9.17) is 0 Å². The number of nitrogens with one attached hydrogen (secondary N) is 1. The minimum absolute atomic E-state index is 0. The normalized spacial score (nSPS) is 16.7. The molecule has 0 aliphatic carbocycles. The molecule has 1 aromatic carbocycles. The maximum Gasteiger partial charge on any atom is 0.123 e. The number of nitrogens with zero attached hydrogens (tertiary/aromatic N) is 1. The highest BCUT2D eigenvalue weighted by Crippen LogP contribution is 2.42. The number of aromatic hydroxyl groups is 1. The molecular weight excluding hydrogens is 403 g/mol. The van der Waals surface area contributed by atoms with E-state index in [2.05, 4.69) is 70.8 Å². The van der Waals surface area contributed by atoms with E-state index in [-0.39, 0.29) is 35.6 Å². The summed E-state index contributed by atoms with van der Waals surface area (Å²) in [6.07, 6.45) is 5.01. The van der Waals surface area contributed by atoms with Crippen molar-refractivity contribution in [2.45, 2.75) is 91.0 Å². The summed E-state index contributed by atoms with van der Waals surface area (Å²) in [6.45, 7) is 19.8. The number of hydrogen-bond acceptors (Lipinski definition) is 3. The van der Waals surface area contributed by atoms with Crippen molar-refractivity contribution >= 4 is 24.8 Å². The van der Waals surface area contributed by atoms with Crippen LogP contribution in [-0.4, -0.2) is 36.2 Å². The fraction of sp³-hybridized carbons (Fsp3) is 0.750. The quantitative estimate of drug-likeness (QED) is 0.498. The number of phenols is 1. The molecule has 0 spiro atoms. The average molecular weight is 448 g/mol. The molecular formula is C24H44Cl2N2O. The third kappa shape index (κ3) is 7.61. The van der Waals surface area contributed by atoms with Crippen molar-refractivity contribution < 1.29 is 5.11 Å². The SMILES string of the molecule is CCCCC[C@H](c1cc(C(C)(C)C)c(O)c(C(C)(C)C)c1)N1CCNCC1.Cl.Cl. The predicted molar refractivity (Wildman–Crippen MR) is 131 cm³/mol. The third-order valence-corrected chi connectivity index (χ3v) is 5.81. The summed E-state index contributed by atoms with van der Waals surface area (Å²) in [4.78, 5) is 2.65. The summed E-state index contributed by atoms with van der Waals surface area (Å²) >= 11 is 0. The summed E-state index contributed by atoms with van der Waals surface area (Å²) in [7, 11) is 0. The molecule has 1 aromatic rings. The van der Waals surface area contributed by atoms with Crippen LogP contribution in [0.5, 0.6) is 5.75 Å². The molecule has 1 heterocycles. The molecule has 5 heteroatoms. The van der Waals surface area contributed by atoms with Gasteiger partial charge in [-0.1, -0.05) is 67.7 Å². The first-order valence-corrected chi connectivity index (χ1v) is 10.9. The van der Waals surface area contributed by atoms with E-state index in [1.165, 1.54) is 31.2 Å². The van der Waals surface area contributed by atoms with E-state index in [0.717, 1.165) is 37.3 Å². The fourth-order valence-electron chi connectivity index (χ4n) is 4.13. The third-order valence-electron chi connectivity index (χ3n) is 5.81. The van der Waals surface area contributed by atoms with Crippen LogP contribution in [-0.2, 0) is 10.8 Å². The van der Waals surface area contributed by atoms with Crippen LogP contribution in [0, 0.1) is 0 Å². The number of hydrogen-bond donors (Lipinski definition) is 2. The topological polar surface area (TPSA) is 35.5 Å². The van der Waals surface area contributed by atoms with E-state index in [1.807, 2.05) is 0 Å². The van der Waals surface area contributed by atoms with Crippen molar-refractivity contribution in [2.24, 2.45) is 0 Å². The summed E-state index contributed by atoms with van der Waals surface area (Å²) in [5, 5.41) is 14.6. The molecule has 1 aliphatic heterocycles. The maximum absolute atomic E-state index is 11.1. The predicted octanol–water partition coefficient (Wildman–Crippen LogP) is 6.36. The van der Waals surface area contributed by atoms with E-state index in [1.54, 1.807) is 0 Å². The van der Waals surface area contributed by atoms with Gasteiger partial charge >= 0.3 is 0 Å². The average Bonchev–Trinajstić information content (AvgIpc) is 2.58. The van der Waals surface area contributed by atoms with Gasteiger partial charge in [-0.05, 0) is 46.1 Å². The highest BCUT2D eigenvalue weighted by Gasteiger charge is 2.30. The van der Waals surface area contributed by atoms with Crippen molar-refractivity contribution in [3.8, 4) is 5.75 Å². The molecule has 0 saturated carbocycles. The van der Waals surface area contributed by atoms with Crippen molar-refractivity contribution in [3.05, 3.63) is 28.8 Å². The Morgan fingerprint density at radius 1 is 0.931 bits per heavy atom. The van der Waals surface area contributed by atoms with Gasteiger partial charge in [0.05, 0.1) is 0 Å². The number of piperazine rings is 1. The lowest BCUT2D eigenvalue weighted by Crippen LogP contribution is -2.45. The lowest BCUT2D eigenvalue weighted by atomic mass is 9.77. The number of benzene rings is 1. The minimum Gasteiger partial charge on any atom is -0.507 e. The number of rotatable bonds is 6. The van der Waals surface area contributed by atoms with Crippen molar-refractivity contribution in [1.29, 1.82) is 0 Å². The summed E-state index contributed by atoms with van der Waals surface area (Å²) in [5.41, 5.74) is 3.41. The van der Waals surface area contributed by atoms with Gasteiger partial charge in [-0.2, -0.15) is 0 Å². The van der Waals surface area contributed by atoms with Crippen LogP contribution in [0.2, 0.25) is 0 Å². The first kappa shape index (κ1) is 28.5. The van der Waals surface area contributed by atoms with Crippen LogP contribution in [0.4, 0.5) is 0 Å². The molecule has 1 atom stereocenters. The molecule has 0 aromatic heterocycles. The Hall–Kier alpha value is -0.480. The Bertz CT molecular complexity index is 579. The minimum atomic E-state index is -0.0719. The first-order chi connectivity index (χ1) is 12.6.